The summed E-state index contributed by atoms with van der Waals surface area (Å²) in [6.45, 7) is 1.87. The van der Waals surface area contributed by atoms with Crippen LogP contribution in [0.4, 0.5) is 5.69 Å². The zero-order valence-electron chi connectivity index (χ0n) is 14.6. The first-order valence-corrected chi connectivity index (χ1v) is 9.37. The number of aryl methyl sites for hydroxylation is 1. The number of amides is 1. The molecule has 0 fully saturated rings. The second kappa shape index (κ2) is 8.01. The third-order valence-electron chi connectivity index (χ3n) is 3.88. The maximum absolute atomic E-state index is 12.3. The van der Waals surface area contributed by atoms with Gasteiger partial charge in [-0.2, -0.15) is 5.10 Å². The molecule has 0 aliphatic rings. The highest BCUT2D eigenvalue weighted by Gasteiger charge is 2.08. The van der Waals surface area contributed by atoms with Gasteiger partial charge in [0, 0.05) is 22.2 Å². The van der Waals surface area contributed by atoms with E-state index in [0.717, 1.165) is 16.0 Å². The molecule has 1 aromatic heterocycles. The lowest BCUT2D eigenvalue weighted by molar-refractivity contribution is -0.117. The molecule has 0 unspecified atom stereocenters. The molecule has 0 aliphatic heterocycles. The zero-order valence-corrected chi connectivity index (χ0v) is 15.4. The van der Waals surface area contributed by atoms with Crippen molar-refractivity contribution in [3.63, 3.8) is 0 Å². The molecule has 0 spiro atoms. The monoisotopic (exact) mass is 365 g/mol. The molecule has 0 atom stereocenters. The van der Waals surface area contributed by atoms with Gasteiger partial charge in [-0.15, -0.1) is 11.8 Å². The van der Waals surface area contributed by atoms with E-state index in [1.54, 1.807) is 17.8 Å². The Morgan fingerprint density at radius 2 is 1.73 bits per heavy atom. The Kier molecular flexibility index (Phi) is 5.53. The largest absolute Gasteiger partial charge is 0.324 e. The maximum Gasteiger partial charge on any atom is 0.267 e. The minimum atomic E-state index is -0.311. The molecule has 1 N–H and O–H groups in total. The van der Waals surface area contributed by atoms with Crippen LogP contribution in [-0.2, 0) is 11.3 Å². The van der Waals surface area contributed by atoms with Gasteiger partial charge in [0.25, 0.3) is 5.56 Å². The molecule has 132 valence electrons. The van der Waals surface area contributed by atoms with Crippen LogP contribution >= 0.6 is 11.8 Å². The Balaban J connectivity index is 1.75. The molecule has 0 saturated carbocycles. The molecule has 1 heterocycles. The summed E-state index contributed by atoms with van der Waals surface area (Å²) in [7, 11) is 0. The summed E-state index contributed by atoms with van der Waals surface area (Å²) in [5.41, 5.74) is 3.08. The SMILES string of the molecule is CSc1ccc(NC(=O)Cn2nc(-c3ccc(C)cc3)ccc2=O)cc1. The van der Waals surface area contributed by atoms with Crippen molar-refractivity contribution >= 4 is 23.4 Å². The number of thioether (sulfide) groups is 1. The first-order valence-electron chi connectivity index (χ1n) is 8.14. The lowest BCUT2D eigenvalue weighted by Crippen LogP contribution is -2.29. The van der Waals surface area contributed by atoms with Crippen molar-refractivity contribution in [3.8, 4) is 11.3 Å². The summed E-state index contributed by atoms with van der Waals surface area (Å²) in [5.74, 6) is -0.294. The molecule has 26 heavy (non-hydrogen) atoms. The summed E-state index contributed by atoms with van der Waals surface area (Å²) in [6.07, 6.45) is 1.99. The summed E-state index contributed by atoms with van der Waals surface area (Å²) < 4.78 is 1.18. The number of nitrogens with one attached hydrogen (secondary N) is 1. The van der Waals surface area contributed by atoms with Crippen molar-refractivity contribution < 1.29 is 4.79 Å². The van der Waals surface area contributed by atoms with Gasteiger partial charge in [-0.1, -0.05) is 29.8 Å². The van der Waals surface area contributed by atoms with Crippen molar-refractivity contribution in [1.82, 2.24) is 9.78 Å². The van der Waals surface area contributed by atoms with E-state index < -0.39 is 0 Å². The molecule has 0 saturated heterocycles. The Labute approximate surface area is 156 Å². The van der Waals surface area contributed by atoms with E-state index in [2.05, 4.69) is 10.4 Å². The number of hydrogen-bond donors (Lipinski definition) is 1. The quantitative estimate of drug-likeness (QED) is 0.702. The predicted octanol–water partition coefficient (Wildman–Crippen LogP) is 3.58. The Morgan fingerprint density at radius 1 is 1.04 bits per heavy atom. The molecule has 0 bridgehead atoms. The number of hydrogen-bond acceptors (Lipinski definition) is 4. The molecule has 2 aromatic carbocycles. The van der Waals surface area contributed by atoms with Gasteiger partial charge < -0.3 is 5.32 Å². The smallest absolute Gasteiger partial charge is 0.267 e. The van der Waals surface area contributed by atoms with Crippen LogP contribution in [0.5, 0.6) is 0 Å². The second-order valence-corrected chi connectivity index (χ2v) is 6.74. The van der Waals surface area contributed by atoms with Crippen LogP contribution in [0.15, 0.2) is 70.4 Å². The van der Waals surface area contributed by atoms with Gasteiger partial charge in [-0.25, -0.2) is 4.68 Å². The summed E-state index contributed by atoms with van der Waals surface area (Å²) >= 11 is 1.63. The van der Waals surface area contributed by atoms with Crippen LogP contribution in [0.25, 0.3) is 11.3 Å². The van der Waals surface area contributed by atoms with Crippen LogP contribution in [0.2, 0.25) is 0 Å². The van der Waals surface area contributed by atoms with E-state index >= 15 is 0 Å². The zero-order chi connectivity index (χ0) is 18.5. The van der Waals surface area contributed by atoms with Crippen LogP contribution in [0.1, 0.15) is 5.56 Å². The molecule has 0 radical (unpaired) electrons. The lowest BCUT2D eigenvalue weighted by atomic mass is 10.1. The molecular weight excluding hydrogens is 346 g/mol. The average Bonchev–Trinajstić information content (AvgIpc) is 2.65. The Hall–Kier alpha value is -2.86. The van der Waals surface area contributed by atoms with Crippen LogP contribution in [-0.4, -0.2) is 21.9 Å². The summed E-state index contributed by atoms with van der Waals surface area (Å²) in [5, 5.41) is 7.11. The number of anilines is 1. The summed E-state index contributed by atoms with van der Waals surface area (Å²) in [4.78, 5) is 25.4. The number of nitrogens with zero attached hydrogens (tertiary/aromatic N) is 2. The van der Waals surface area contributed by atoms with Crippen molar-refractivity contribution in [2.45, 2.75) is 18.4 Å². The van der Waals surface area contributed by atoms with E-state index in [1.807, 2.05) is 61.7 Å². The van der Waals surface area contributed by atoms with Gasteiger partial charge in [0.05, 0.1) is 5.69 Å². The number of rotatable bonds is 5. The van der Waals surface area contributed by atoms with Gasteiger partial charge in [-0.05, 0) is 43.5 Å². The minimum absolute atomic E-state index is 0.136. The van der Waals surface area contributed by atoms with Crippen molar-refractivity contribution in [2.24, 2.45) is 0 Å². The molecule has 5 nitrogen and oxygen atoms in total. The van der Waals surface area contributed by atoms with Gasteiger partial charge in [0.2, 0.25) is 5.91 Å². The Morgan fingerprint density at radius 3 is 2.38 bits per heavy atom. The van der Waals surface area contributed by atoms with Crippen molar-refractivity contribution in [2.75, 3.05) is 11.6 Å². The van der Waals surface area contributed by atoms with E-state index in [0.29, 0.717) is 11.4 Å². The fraction of sp³-hybridized carbons (Fsp3) is 0.150. The molecule has 0 aliphatic carbocycles. The Bertz CT molecular complexity index is 964. The van der Waals surface area contributed by atoms with Gasteiger partial charge in [-0.3, -0.25) is 9.59 Å². The third kappa shape index (κ3) is 4.40. The third-order valence-corrected chi connectivity index (χ3v) is 4.62. The number of carbonyl (C=O) groups excluding carboxylic acids is 1. The predicted molar refractivity (Wildman–Crippen MR) is 106 cm³/mol. The molecule has 3 rings (SSSR count). The van der Waals surface area contributed by atoms with Crippen LogP contribution < -0.4 is 10.9 Å². The van der Waals surface area contributed by atoms with Gasteiger partial charge in [0.1, 0.15) is 6.54 Å². The highest BCUT2D eigenvalue weighted by atomic mass is 32.2. The second-order valence-electron chi connectivity index (χ2n) is 5.86. The van der Waals surface area contributed by atoms with E-state index in [4.69, 9.17) is 0 Å². The summed E-state index contributed by atoms with van der Waals surface area (Å²) in [6, 6.07) is 18.5. The fourth-order valence-corrected chi connectivity index (χ4v) is 2.86. The number of carbonyl (C=O) groups is 1. The number of aromatic nitrogens is 2. The minimum Gasteiger partial charge on any atom is -0.324 e. The normalized spacial score (nSPS) is 10.5. The average molecular weight is 365 g/mol. The van der Waals surface area contributed by atoms with Crippen LogP contribution in [0.3, 0.4) is 0 Å². The van der Waals surface area contributed by atoms with Crippen molar-refractivity contribution in [3.05, 3.63) is 76.6 Å². The lowest BCUT2D eigenvalue weighted by Gasteiger charge is -2.09. The maximum atomic E-state index is 12.3. The highest BCUT2D eigenvalue weighted by molar-refractivity contribution is 7.98. The topological polar surface area (TPSA) is 64.0 Å². The first-order chi connectivity index (χ1) is 12.5. The fourth-order valence-electron chi connectivity index (χ4n) is 2.45. The molecular formula is C20H19N3O2S. The first kappa shape index (κ1) is 17.9. The van der Waals surface area contributed by atoms with Crippen molar-refractivity contribution in [1.29, 1.82) is 0 Å². The van der Waals surface area contributed by atoms with Gasteiger partial charge in [0.15, 0.2) is 0 Å². The van der Waals surface area contributed by atoms with Gasteiger partial charge >= 0.3 is 0 Å². The number of benzene rings is 2. The van der Waals surface area contributed by atoms with Crippen LogP contribution in [0, 0.1) is 6.92 Å². The van der Waals surface area contributed by atoms with E-state index in [-0.39, 0.29) is 18.0 Å². The molecule has 3 aromatic rings. The standard InChI is InChI=1S/C20H19N3O2S/c1-14-3-5-15(6-4-14)18-11-12-20(25)23(22-18)13-19(24)21-16-7-9-17(26-2)10-8-16/h3-12H,13H2,1-2H3,(H,21,24). The molecule has 6 heteroatoms. The van der Waals surface area contributed by atoms with E-state index in [9.17, 15) is 9.59 Å². The highest BCUT2D eigenvalue weighted by Crippen LogP contribution is 2.18. The molecule has 1 amide bonds. The van der Waals surface area contributed by atoms with E-state index in [1.165, 1.54) is 10.7 Å².